The number of piperidine rings is 1. The quantitative estimate of drug-likeness (QED) is 0.682. The molecular formula is C24H30N4O3. The van der Waals surface area contributed by atoms with Crippen LogP contribution >= 0.6 is 0 Å². The van der Waals surface area contributed by atoms with Gasteiger partial charge in [0.25, 0.3) is 5.91 Å². The SMILES string of the molecule is CCNC(=O)Nc1cccc(NC(=O)C2CCCN(C(=O)c3cc(C)cc(C)c3)C2)c1. The molecule has 0 bridgehead atoms. The lowest BCUT2D eigenvalue weighted by Crippen LogP contribution is -2.43. The normalized spacial score (nSPS) is 15.8. The monoisotopic (exact) mass is 422 g/mol. The van der Waals surface area contributed by atoms with E-state index >= 15 is 0 Å². The number of anilines is 2. The molecule has 0 saturated carbocycles. The van der Waals surface area contributed by atoms with E-state index in [1.807, 2.05) is 39.0 Å². The van der Waals surface area contributed by atoms with E-state index in [-0.39, 0.29) is 23.8 Å². The highest BCUT2D eigenvalue weighted by atomic mass is 16.2. The van der Waals surface area contributed by atoms with E-state index in [1.54, 1.807) is 29.2 Å². The van der Waals surface area contributed by atoms with E-state index in [1.165, 1.54) is 0 Å². The zero-order valence-electron chi connectivity index (χ0n) is 18.3. The molecule has 1 saturated heterocycles. The second-order valence-electron chi connectivity index (χ2n) is 8.02. The van der Waals surface area contributed by atoms with Gasteiger partial charge in [-0.25, -0.2) is 4.79 Å². The molecule has 2 aromatic rings. The van der Waals surface area contributed by atoms with Crippen molar-refractivity contribution in [1.82, 2.24) is 10.2 Å². The molecule has 1 aliphatic rings. The first-order valence-electron chi connectivity index (χ1n) is 10.7. The van der Waals surface area contributed by atoms with Gasteiger partial charge in [0, 0.05) is 36.6 Å². The minimum Gasteiger partial charge on any atom is -0.338 e. The smallest absolute Gasteiger partial charge is 0.319 e. The van der Waals surface area contributed by atoms with Gasteiger partial charge >= 0.3 is 6.03 Å². The van der Waals surface area contributed by atoms with Gasteiger partial charge in [0.05, 0.1) is 5.92 Å². The lowest BCUT2D eigenvalue weighted by Gasteiger charge is -2.32. The number of urea groups is 1. The number of nitrogens with zero attached hydrogens (tertiary/aromatic N) is 1. The van der Waals surface area contributed by atoms with Gasteiger partial charge in [-0.05, 0) is 63.9 Å². The predicted octanol–water partition coefficient (Wildman–Crippen LogP) is 3.94. The minimum absolute atomic E-state index is 0.0302. The Morgan fingerprint density at radius 2 is 1.68 bits per heavy atom. The van der Waals surface area contributed by atoms with Crippen molar-refractivity contribution < 1.29 is 14.4 Å². The van der Waals surface area contributed by atoms with E-state index in [0.29, 0.717) is 36.6 Å². The zero-order chi connectivity index (χ0) is 22.4. The number of carbonyl (C=O) groups excluding carboxylic acids is 3. The second-order valence-corrected chi connectivity index (χ2v) is 8.02. The highest BCUT2D eigenvalue weighted by Crippen LogP contribution is 2.22. The fraction of sp³-hybridized carbons (Fsp3) is 0.375. The summed E-state index contributed by atoms with van der Waals surface area (Å²) in [4.78, 5) is 39.3. The number of likely N-dealkylation sites (tertiary alicyclic amines) is 1. The molecule has 0 aliphatic carbocycles. The zero-order valence-corrected chi connectivity index (χ0v) is 18.3. The summed E-state index contributed by atoms with van der Waals surface area (Å²) in [5.41, 5.74) is 3.98. The van der Waals surface area contributed by atoms with E-state index in [4.69, 9.17) is 0 Å². The van der Waals surface area contributed by atoms with Crippen LogP contribution in [0, 0.1) is 19.8 Å². The number of aryl methyl sites for hydroxylation is 2. The maximum absolute atomic E-state index is 13.0. The fourth-order valence-corrected chi connectivity index (χ4v) is 3.91. The maximum atomic E-state index is 13.0. The molecule has 0 aromatic heterocycles. The van der Waals surface area contributed by atoms with Crippen molar-refractivity contribution in [2.75, 3.05) is 30.3 Å². The Kier molecular flexibility index (Phi) is 7.28. The molecule has 0 radical (unpaired) electrons. The summed E-state index contributed by atoms with van der Waals surface area (Å²) < 4.78 is 0. The highest BCUT2D eigenvalue weighted by Gasteiger charge is 2.29. The Bertz CT molecular complexity index is 953. The third-order valence-electron chi connectivity index (χ3n) is 5.27. The molecule has 2 aromatic carbocycles. The average molecular weight is 423 g/mol. The fourth-order valence-electron chi connectivity index (χ4n) is 3.91. The Morgan fingerprint density at radius 1 is 1.00 bits per heavy atom. The van der Waals surface area contributed by atoms with Gasteiger partial charge < -0.3 is 20.9 Å². The van der Waals surface area contributed by atoms with Crippen LogP contribution < -0.4 is 16.0 Å². The second kappa shape index (κ2) is 10.1. The molecule has 4 amide bonds. The summed E-state index contributed by atoms with van der Waals surface area (Å²) in [6, 6.07) is 12.6. The van der Waals surface area contributed by atoms with Crippen molar-refractivity contribution in [3.8, 4) is 0 Å². The summed E-state index contributed by atoms with van der Waals surface area (Å²) in [6.45, 7) is 7.38. The molecule has 164 valence electrons. The van der Waals surface area contributed by atoms with Gasteiger partial charge in [-0.1, -0.05) is 23.3 Å². The number of hydrogen-bond donors (Lipinski definition) is 3. The Balaban J connectivity index is 1.63. The maximum Gasteiger partial charge on any atom is 0.319 e. The molecule has 1 heterocycles. The van der Waals surface area contributed by atoms with Crippen LogP contribution in [0.25, 0.3) is 0 Å². The molecule has 7 nitrogen and oxygen atoms in total. The van der Waals surface area contributed by atoms with E-state index in [0.717, 1.165) is 24.0 Å². The number of benzene rings is 2. The number of hydrogen-bond acceptors (Lipinski definition) is 3. The molecule has 3 N–H and O–H groups in total. The molecule has 7 heteroatoms. The van der Waals surface area contributed by atoms with Crippen molar-refractivity contribution in [2.24, 2.45) is 5.92 Å². The van der Waals surface area contributed by atoms with Gasteiger partial charge in [0.15, 0.2) is 0 Å². The van der Waals surface area contributed by atoms with Crippen LogP contribution in [0.1, 0.15) is 41.3 Å². The van der Waals surface area contributed by atoms with Gasteiger partial charge in [0.2, 0.25) is 5.91 Å². The highest BCUT2D eigenvalue weighted by molar-refractivity contribution is 5.97. The number of rotatable bonds is 5. The lowest BCUT2D eigenvalue weighted by molar-refractivity contribution is -0.121. The van der Waals surface area contributed by atoms with Crippen LogP contribution in [0.3, 0.4) is 0 Å². The lowest BCUT2D eigenvalue weighted by atomic mass is 9.96. The van der Waals surface area contributed by atoms with Crippen LogP contribution in [0.5, 0.6) is 0 Å². The number of carbonyl (C=O) groups is 3. The van der Waals surface area contributed by atoms with E-state index in [9.17, 15) is 14.4 Å². The van der Waals surface area contributed by atoms with Crippen molar-refractivity contribution in [3.63, 3.8) is 0 Å². The molecule has 1 unspecified atom stereocenters. The summed E-state index contributed by atoms with van der Waals surface area (Å²) >= 11 is 0. The molecule has 0 spiro atoms. The van der Waals surface area contributed by atoms with Crippen LogP contribution in [-0.2, 0) is 4.79 Å². The molecular weight excluding hydrogens is 392 g/mol. The molecule has 3 rings (SSSR count). The summed E-state index contributed by atoms with van der Waals surface area (Å²) in [5, 5.41) is 8.32. The Hall–Kier alpha value is -3.35. The van der Waals surface area contributed by atoms with Gasteiger partial charge in [-0.2, -0.15) is 0 Å². The van der Waals surface area contributed by atoms with E-state index in [2.05, 4.69) is 16.0 Å². The first-order valence-corrected chi connectivity index (χ1v) is 10.7. The largest absolute Gasteiger partial charge is 0.338 e. The standard InChI is InChI=1S/C24H30N4O3/c1-4-25-24(31)27-21-9-5-8-20(14-21)26-22(29)18-7-6-10-28(15-18)23(30)19-12-16(2)11-17(3)13-19/h5,8-9,11-14,18H,4,6-7,10,15H2,1-3H3,(H,26,29)(H2,25,27,31). The van der Waals surface area contributed by atoms with E-state index < -0.39 is 0 Å². The number of nitrogens with one attached hydrogen (secondary N) is 3. The topological polar surface area (TPSA) is 90.5 Å². The third kappa shape index (κ3) is 6.07. The van der Waals surface area contributed by atoms with Crippen molar-refractivity contribution in [2.45, 2.75) is 33.6 Å². The summed E-state index contributed by atoms with van der Waals surface area (Å²) in [7, 11) is 0. The Morgan fingerprint density at radius 3 is 2.35 bits per heavy atom. The van der Waals surface area contributed by atoms with Crippen LogP contribution in [0.15, 0.2) is 42.5 Å². The Labute approximate surface area is 183 Å². The molecule has 1 aliphatic heterocycles. The first-order chi connectivity index (χ1) is 14.9. The summed E-state index contributed by atoms with van der Waals surface area (Å²) in [6.07, 6.45) is 1.52. The van der Waals surface area contributed by atoms with Crippen molar-refractivity contribution in [3.05, 3.63) is 59.2 Å². The van der Waals surface area contributed by atoms with Crippen LogP contribution in [0.4, 0.5) is 16.2 Å². The number of amides is 4. The first kappa shape index (κ1) is 22.3. The average Bonchev–Trinajstić information content (AvgIpc) is 2.73. The summed E-state index contributed by atoms with van der Waals surface area (Å²) in [5.74, 6) is -0.422. The molecule has 1 fully saturated rings. The van der Waals surface area contributed by atoms with Gasteiger partial charge in [0.1, 0.15) is 0 Å². The van der Waals surface area contributed by atoms with Gasteiger partial charge in [-0.3, -0.25) is 9.59 Å². The van der Waals surface area contributed by atoms with Crippen molar-refractivity contribution in [1.29, 1.82) is 0 Å². The van der Waals surface area contributed by atoms with Crippen LogP contribution in [0.2, 0.25) is 0 Å². The predicted molar refractivity (Wildman–Crippen MR) is 122 cm³/mol. The van der Waals surface area contributed by atoms with Crippen molar-refractivity contribution >= 4 is 29.2 Å². The van der Waals surface area contributed by atoms with Crippen LogP contribution in [-0.4, -0.2) is 42.4 Å². The molecule has 31 heavy (non-hydrogen) atoms. The molecule has 1 atom stereocenters. The third-order valence-corrected chi connectivity index (χ3v) is 5.27. The minimum atomic E-state index is -0.293. The van der Waals surface area contributed by atoms with Gasteiger partial charge in [-0.15, -0.1) is 0 Å².